The number of nitrogens with zero attached hydrogens (tertiary/aromatic N) is 1. The normalized spacial score (nSPS) is 12.2. The summed E-state index contributed by atoms with van der Waals surface area (Å²) >= 11 is 0. The zero-order valence-electron chi connectivity index (χ0n) is 19.3. The fourth-order valence-electron chi connectivity index (χ4n) is 3.29. The van der Waals surface area contributed by atoms with E-state index in [1.54, 1.807) is 48.3 Å². The number of hydrogen-bond acceptors (Lipinski definition) is 7. The van der Waals surface area contributed by atoms with Gasteiger partial charge in [-0.15, -0.1) is 0 Å². The fourth-order valence-corrected chi connectivity index (χ4v) is 3.29. The molecule has 2 aromatic carbocycles. The van der Waals surface area contributed by atoms with Crippen molar-refractivity contribution in [1.82, 2.24) is 4.90 Å². The summed E-state index contributed by atoms with van der Waals surface area (Å²) in [6.45, 7) is 6.39. The van der Waals surface area contributed by atoms with Gasteiger partial charge in [0, 0.05) is 36.5 Å². The Morgan fingerprint density at radius 2 is 1.52 bits per heavy atom. The Morgan fingerprint density at radius 1 is 0.879 bits per heavy atom. The van der Waals surface area contributed by atoms with Crippen LogP contribution in [-0.4, -0.2) is 63.3 Å². The van der Waals surface area contributed by atoms with Crippen LogP contribution in [0.5, 0.6) is 23.0 Å². The van der Waals surface area contributed by atoms with Crippen LogP contribution in [0.25, 0.3) is 0 Å². The molecule has 1 heterocycles. The number of nitrogens with one attached hydrogen (secondary N) is 2. The molecule has 0 spiro atoms. The summed E-state index contributed by atoms with van der Waals surface area (Å²) < 4.78 is 22.1. The van der Waals surface area contributed by atoms with Gasteiger partial charge in [-0.2, -0.15) is 0 Å². The Kier molecular flexibility index (Phi) is 8.77. The van der Waals surface area contributed by atoms with Crippen LogP contribution in [0.15, 0.2) is 36.4 Å². The van der Waals surface area contributed by atoms with E-state index in [0.29, 0.717) is 67.3 Å². The van der Waals surface area contributed by atoms with E-state index in [2.05, 4.69) is 10.6 Å². The van der Waals surface area contributed by atoms with Crippen molar-refractivity contribution in [3.8, 4) is 23.0 Å². The molecular weight excluding hydrogens is 426 g/mol. The predicted molar refractivity (Wildman–Crippen MR) is 126 cm³/mol. The lowest BCUT2D eigenvalue weighted by Gasteiger charge is -2.19. The summed E-state index contributed by atoms with van der Waals surface area (Å²) in [5.74, 6) is 2.18. The second-order valence-corrected chi connectivity index (χ2v) is 7.47. The summed E-state index contributed by atoms with van der Waals surface area (Å²) in [4.78, 5) is 26.5. The zero-order valence-corrected chi connectivity index (χ0v) is 19.3. The quantitative estimate of drug-likeness (QED) is 0.535. The average molecular weight is 458 g/mol. The SMILES string of the molecule is CCOc1ccc(NC(=O)CN(C)CCC(=O)Nc2ccc3c(c2)OCCO3)cc1OCC. The highest BCUT2D eigenvalue weighted by atomic mass is 16.6. The number of anilines is 2. The lowest BCUT2D eigenvalue weighted by Crippen LogP contribution is -2.32. The molecule has 1 aliphatic rings. The van der Waals surface area contributed by atoms with Crippen molar-refractivity contribution in [2.45, 2.75) is 20.3 Å². The first kappa shape index (κ1) is 24.2. The smallest absolute Gasteiger partial charge is 0.238 e. The molecule has 0 saturated carbocycles. The van der Waals surface area contributed by atoms with E-state index in [-0.39, 0.29) is 24.8 Å². The fraction of sp³-hybridized carbons (Fsp3) is 0.417. The lowest BCUT2D eigenvalue weighted by atomic mass is 10.2. The minimum Gasteiger partial charge on any atom is -0.490 e. The van der Waals surface area contributed by atoms with Crippen LogP contribution in [0.3, 0.4) is 0 Å². The highest BCUT2D eigenvalue weighted by Crippen LogP contribution is 2.33. The minimum atomic E-state index is -0.184. The van der Waals surface area contributed by atoms with Crippen LogP contribution < -0.4 is 29.6 Å². The molecule has 0 saturated heterocycles. The topological polar surface area (TPSA) is 98.4 Å². The number of fused-ring (bicyclic) bond motifs is 1. The first-order valence-electron chi connectivity index (χ1n) is 11.1. The summed E-state index contributed by atoms with van der Waals surface area (Å²) in [5.41, 5.74) is 1.27. The number of carbonyl (C=O) groups excluding carboxylic acids is 2. The summed E-state index contributed by atoms with van der Waals surface area (Å²) in [6, 6.07) is 10.6. The van der Waals surface area contributed by atoms with E-state index >= 15 is 0 Å². The van der Waals surface area contributed by atoms with Gasteiger partial charge in [0.25, 0.3) is 0 Å². The van der Waals surface area contributed by atoms with E-state index in [0.717, 1.165) is 0 Å². The Bertz CT molecular complexity index is 965. The molecule has 178 valence electrons. The largest absolute Gasteiger partial charge is 0.490 e. The molecule has 0 aromatic heterocycles. The van der Waals surface area contributed by atoms with Crippen LogP contribution in [0, 0.1) is 0 Å². The van der Waals surface area contributed by atoms with Gasteiger partial charge in [0.1, 0.15) is 13.2 Å². The maximum atomic E-state index is 12.4. The molecule has 0 bridgehead atoms. The van der Waals surface area contributed by atoms with Crippen molar-refractivity contribution in [2.24, 2.45) is 0 Å². The van der Waals surface area contributed by atoms with Crippen molar-refractivity contribution in [1.29, 1.82) is 0 Å². The molecule has 0 aliphatic carbocycles. The highest BCUT2D eigenvalue weighted by Gasteiger charge is 2.14. The predicted octanol–water partition coefficient (Wildman–Crippen LogP) is 3.15. The van der Waals surface area contributed by atoms with Crippen molar-refractivity contribution in [3.63, 3.8) is 0 Å². The van der Waals surface area contributed by atoms with E-state index in [1.807, 2.05) is 13.8 Å². The summed E-state index contributed by atoms with van der Waals surface area (Å²) in [5, 5.41) is 5.70. The molecule has 33 heavy (non-hydrogen) atoms. The standard InChI is InChI=1S/C24H31N3O6/c1-4-30-19-8-6-18(14-21(19)31-5-2)26-24(29)16-27(3)11-10-23(28)25-17-7-9-20-22(15-17)33-13-12-32-20/h6-9,14-15H,4-5,10-13,16H2,1-3H3,(H,25,28)(H,26,29). The molecule has 9 nitrogen and oxygen atoms in total. The van der Waals surface area contributed by atoms with Gasteiger partial charge < -0.3 is 29.6 Å². The second kappa shape index (κ2) is 12.0. The molecular formula is C24H31N3O6. The van der Waals surface area contributed by atoms with Crippen molar-refractivity contribution >= 4 is 23.2 Å². The van der Waals surface area contributed by atoms with Gasteiger partial charge in [-0.05, 0) is 45.2 Å². The van der Waals surface area contributed by atoms with Crippen LogP contribution in [0.1, 0.15) is 20.3 Å². The van der Waals surface area contributed by atoms with Gasteiger partial charge in [0.15, 0.2) is 23.0 Å². The van der Waals surface area contributed by atoms with E-state index in [1.165, 1.54) is 0 Å². The van der Waals surface area contributed by atoms with E-state index in [9.17, 15) is 9.59 Å². The second-order valence-electron chi connectivity index (χ2n) is 7.47. The number of hydrogen-bond donors (Lipinski definition) is 2. The lowest BCUT2D eigenvalue weighted by molar-refractivity contribution is -0.119. The van der Waals surface area contributed by atoms with Gasteiger partial charge in [0.05, 0.1) is 19.8 Å². The molecule has 0 atom stereocenters. The first-order valence-corrected chi connectivity index (χ1v) is 11.1. The molecule has 2 N–H and O–H groups in total. The van der Waals surface area contributed by atoms with Gasteiger partial charge in [-0.3, -0.25) is 14.5 Å². The highest BCUT2D eigenvalue weighted by molar-refractivity contribution is 5.93. The third-order valence-corrected chi connectivity index (χ3v) is 4.79. The Balaban J connectivity index is 1.44. The van der Waals surface area contributed by atoms with Crippen molar-refractivity contribution < 1.29 is 28.5 Å². The third kappa shape index (κ3) is 7.28. The summed E-state index contributed by atoms with van der Waals surface area (Å²) in [7, 11) is 1.79. The van der Waals surface area contributed by atoms with Crippen LogP contribution in [-0.2, 0) is 9.59 Å². The monoisotopic (exact) mass is 457 g/mol. The Labute approximate surface area is 193 Å². The molecule has 0 radical (unpaired) electrons. The average Bonchev–Trinajstić information content (AvgIpc) is 2.79. The van der Waals surface area contributed by atoms with E-state index < -0.39 is 0 Å². The van der Waals surface area contributed by atoms with Gasteiger partial charge in [-0.1, -0.05) is 0 Å². The van der Waals surface area contributed by atoms with Gasteiger partial charge >= 0.3 is 0 Å². The van der Waals surface area contributed by atoms with Gasteiger partial charge in [-0.25, -0.2) is 0 Å². The number of likely N-dealkylation sites (N-methyl/N-ethyl adjacent to an activating group) is 1. The molecule has 0 fully saturated rings. The number of benzene rings is 2. The first-order chi connectivity index (χ1) is 16.0. The molecule has 2 aromatic rings. The van der Waals surface area contributed by atoms with Crippen molar-refractivity contribution in [3.05, 3.63) is 36.4 Å². The number of rotatable bonds is 11. The zero-order chi connectivity index (χ0) is 23.6. The Morgan fingerprint density at radius 3 is 2.27 bits per heavy atom. The molecule has 2 amide bonds. The molecule has 3 rings (SSSR count). The third-order valence-electron chi connectivity index (χ3n) is 4.79. The maximum Gasteiger partial charge on any atom is 0.238 e. The summed E-state index contributed by atoms with van der Waals surface area (Å²) in [6.07, 6.45) is 0.246. The Hall–Kier alpha value is -3.46. The van der Waals surface area contributed by atoms with Crippen LogP contribution in [0.2, 0.25) is 0 Å². The van der Waals surface area contributed by atoms with Gasteiger partial charge in [0.2, 0.25) is 11.8 Å². The van der Waals surface area contributed by atoms with Crippen LogP contribution in [0.4, 0.5) is 11.4 Å². The molecule has 9 heteroatoms. The number of amides is 2. The molecule has 1 aliphatic heterocycles. The molecule has 0 unspecified atom stereocenters. The number of carbonyl (C=O) groups is 2. The van der Waals surface area contributed by atoms with Crippen molar-refractivity contribution in [2.75, 3.05) is 57.2 Å². The minimum absolute atomic E-state index is 0.146. The number of ether oxygens (including phenoxy) is 4. The maximum absolute atomic E-state index is 12.4. The van der Waals surface area contributed by atoms with Crippen LogP contribution >= 0.6 is 0 Å². The van der Waals surface area contributed by atoms with E-state index in [4.69, 9.17) is 18.9 Å².